The number of aromatic carboxylic acids is 1. The molecule has 0 amide bonds. The minimum atomic E-state index is -0.897. The van der Waals surface area contributed by atoms with E-state index in [4.69, 9.17) is 9.84 Å². The number of nitrogens with zero attached hydrogens (tertiary/aromatic N) is 2. The molecule has 2 fully saturated rings. The van der Waals surface area contributed by atoms with E-state index in [1.807, 2.05) is 4.68 Å². The highest BCUT2D eigenvalue weighted by Gasteiger charge is 2.40. The lowest BCUT2D eigenvalue weighted by Gasteiger charge is -2.38. The maximum Gasteiger partial charge on any atom is 0.339 e. The van der Waals surface area contributed by atoms with Crippen LogP contribution in [0.3, 0.4) is 0 Å². The van der Waals surface area contributed by atoms with Crippen molar-refractivity contribution >= 4 is 5.97 Å². The Morgan fingerprint density at radius 1 is 1.53 bits per heavy atom. The topological polar surface area (TPSA) is 64.4 Å². The van der Waals surface area contributed by atoms with Crippen LogP contribution in [0.5, 0.6) is 0 Å². The molecule has 104 valence electrons. The Balaban J connectivity index is 1.82. The van der Waals surface area contributed by atoms with Gasteiger partial charge in [0.15, 0.2) is 0 Å². The van der Waals surface area contributed by atoms with Crippen LogP contribution in [0.15, 0.2) is 6.20 Å². The predicted molar refractivity (Wildman–Crippen MR) is 69.3 cm³/mol. The third-order valence-electron chi connectivity index (χ3n) is 4.50. The summed E-state index contributed by atoms with van der Waals surface area (Å²) >= 11 is 0. The van der Waals surface area contributed by atoms with Crippen molar-refractivity contribution in [2.75, 3.05) is 6.61 Å². The lowest BCUT2D eigenvalue weighted by molar-refractivity contribution is -0.0910. The first-order valence-electron chi connectivity index (χ1n) is 7.03. The average molecular weight is 264 g/mol. The average Bonchev–Trinajstić information content (AvgIpc) is 2.97. The third kappa shape index (κ3) is 2.27. The van der Waals surface area contributed by atoms with Gasteiger partial charge in [-0.2, -0.15) is 5.10 Å². The summed E-state index contributed by atoms with van der Waals surface area (Å²) in [7, 11) is 0. The molecule has 0 radical (unpaired) electrons. The number of ether oxygens (including phenoxy) is 1. The fourth-order valence-electron chi connectivity index (χ4n) is 3.47. The molecule has 5 heteroatoms. The number of carboxylic acids is 1. The number of rotatable bonds is 2. The maximum atomic E-state index is 11.1. The maximum absolute atomic E-state index is 11.1. The second-order valence-electron chi connectivity index (χ2n) is 5.80. The van der Waals surface area contributed by atoms with E-state index in [0.717, 1.165) is 32.3 Å². The predicted octanol–water partition coefficient (Wildman–Crippen LogP) is 2.55. The molecule has 5 nitrogen and oxygen atoms in total. The van der Waals surface area contributed by atoms with Crippen LogP contribution < -0.4 is 0 Å². The van der Waals surface area contributed by atoms with Gasteiger partial charge in [-0.15, -0.1) is 0 Å². The molecule has 19 heavy (non-hydrogen) atoms. The Labute approximate surface area is 112 Å². The second-order valence-corrected chi connectivity index (χ2v) is 5.80. The molecule has 1 aromatic heterocycles. The van der Waals surface area contributed by atoms with Gasteiger partial charge in [-0.05, 0) is 32.6 Å². The van der Waals surface area contributed by atoms with Crippen molar-refractivity contribution in [2.45, 2.75) is 57.1 Å². The first-order chi connectivity index (χ1) is 9.10. The molecule has 3 rings (SSSR count). The quantitative estimate of drug-likeness (QED) is 0.891. The van der Waals surface area contributed by atoms with Gasteiger partial charge in [0.05, 0.1) is 17.3 Å². The minimum Gasteiger partial charge on any atom is -0.478 e. The molecule has 1 atom stereocenters. The van der Waals surface area contributed by atoms with E-state index in [1.165, 1.54) is 12.8 Å². The fourth-order valence-corrected chi connectivity index (χ4v) is 3.47. The van der Waals surface area contributed by atoms with Crippen LogP contribution in [0, 0.1) is 6.92 Å². The van der Waals surface area contributed by atoms with Crippen LogP contribution in [-0.4, -0.2) is 33.1 Å². The lowest BCUT2D eigenvalue weighted by Crippen LogP contribution is -2.38. The summed E-state index contributed by atoms with van der Waals surface area (Å²) in [6, 6.07) is 0.277. The summed E-state index contributed by atoms with van der Waals surface area (Å²) < 4.78 is 7.85. The summed E-state index contributed by atoms with van der Waals surface area (Å²) in [6.07, 6.45) is 8.31. The van der Waals surface area contributed by atoms with Crippen LogP contribution in [-0.2, 0) is 4.74 Å². The van der Waals surface area contributed by atoms with E-state index in [-0.39, 0.29) is 11.6 Å². The summed E-state index contributed by atoms with van der Waals surface area (Å²) in [5, 5.41) is 13.5. The van der Waals surface area contributed by atoms with Crippen LogP contribution in [0.4, 0.5) is 0 Å². The number of aryl methyl sites for hydroxylation is 1. The van der Waals surface area contributed by atoms with Crippen molar-refractivity contribution in [1.82, 2.24) is 9.78 Å². The van der Waals surface area contributed by atoms with E-state index in [0.29, 0.717) is 11.3 Å². The van der Waals surface area contributed by atoms with Crippen molar-refractivity contribution in [3.63, 3.8) is 0 Å². The SMILES string of the molecule is Cc1nn(C2CCOC3(CCCC3)C2)cc1C(=O)O. The van der Waals surface area contributed by atoms with Crippen LogP contribution in [0.1, 0.15) is 60.6 Å². The highest BCUT2D eigenvalue weighted by atomic mass is 16.5. The zero-order valence-corrected chi connectivity index (χ0v) is 11.3. The normalized spacial score (nSPS) is 25.8. The summed E-state index contributed by atoms with van der Waals surface area (Å²) in [4.78, 5) is 11.1. The Hall–Kier alpha value is -1.36. The van der Waals surface area contributed by atoms with E-state index in [1.54, 1.807) is 13.1 Å². The van der Waals surface area contributed by atoms with Gasteiger partial charge >= 0.3 is 5.97 Å². The number of hydrogen-bond acceptors (Lipinski definition) is 3. The lowest BCUT2D eigenvalue weighted by atomic mass is 9.89. The first-order valence-corrected chi connectivity index (χ1v) is 7.03. The second kappa shape index (κ2) is 4.63. The van der Waals surface area contributed by atoms with Crippen molar-refractivity contribution in [2.24, 2.45) is 0 Å². The largest absolute Gasteiger partial charge is 0.478 e. The minimum absolute atomic E-state index is 0.0339. The van der Waals surface area contributed by atoms with E-state index < -0.39 is 5.97 Å². The van der Waals surface area contributed by atoms with Gasteiger partial charge < -0.3 is 9.84 Å². The van der Waals surface area contributed by atoms with Gasteiger partial charge in [0, 0.05) is 12.8 Å². The highest BCUT2D eigenvalue weighted by molar-refractivity contribution is 5.88. The van der Waals surface area contributed by atoms with Crippen molar-refractivity contribution in [1.29, 1.82) is 0 Å². The van der Waals surface area contributed by atoms with Crippen molar-refractivity contribution in [3.05, 3.63) is 17.5 Å². The van der Waals surface area contributed by atoms with Crippen molar-refractivity contribution in [3.8, 4) is 0 Å². The fraction of sp³-hybridized carbons (Fsp3) is 0.714. The van der Waals surface area contributed by atoms with Gasteiger partial charge in [-0.25, -0.2) is 4.79 Å². The Kier molecular flexibility index (Phi) is 3.09. The van der Waals surface area contributed by atoms with Crippen molar-refractivity contribution < 1.29 is 14.6 Å². The number of hydrogen-bond donors (Lipinski definition) is 1. The summed E-state index contributed by atoms with van der Waals surface area (Å²) in [5.74, 6) is -0.897. The van der Waals surface area contributed by atoms with Gasteiger partial charge in [0.1, 0.15) is 5.56 Å². The van der Waals surface area contributed by atoms with E-state index in [9.17, 15) is 4.79 Å². The van der Waals surface area contributed by atoms with E-state index >= 15 is 0 Å². The molecule has 2 heterocycles. The zero-order chi connectivity index (χ0) is 13.5. The number of carbonyl (C=O) groups is 1. The first kappa shape index (κ1) is 12.7. The number of aromatic nitrogens is 2. The smallest absolute Gasteiger partial charge is 0.339 e. The molecular weight excluding hydrogens is 244 g/mol. The molecular formula is C14H20N2O3. The molecule has 1 N–H and O–H groups in total. The van der Waals surface area contributed by atoms with Crippen LogP contribution in [0.25, 0.3) is 0 Å². The highest BCUT2D eigenvalue weighted by Crippen LogP contribution is 2.43. The molecule has 1 aliphatic heterocycles. The van der Waals surface area contributed by atoms with Crippen LogP contribution >= 0.6 is 0 Å². The molecule has 1 spiro atoms. The van der Waals surface area contributed by atoms with Gasteiger partial charge in [0.25, 0.3) is 0 Å². The molecule has 1 saturated carbocycles. The number of carboxylic acid groups (broad SMARTS) is 1. The molecule has 0 aromatic carbocycles. The third-order valence-corrected chi connectivity index (χ3v) is 4.50. The molecule has 2 aliphatic rings. The Morgan fingerprint density at radius 2 is 2.26 bits per heavy atom. The standard InChI is InChI=1S/C14H20N2O3/c1-10-12(13(17)18)9-16(15-10)11-4-7-19-14(8-11)5-2-3-6-14/h9,11H,2-8H2,1H3,(H,17,18). The van der Waals surface area contributed by atoms with Gasteiger partial charge in [-0.1, -0.05) is 12.8 Å². The Bertz CT molecular complexity index is 489. The molecule has 0 bridgehead atoms. The molecule has 1 saturated heterocycles. The monoisotopic (exact) mass is 264 g/mol. The van der Waals surface area contributed by atoms with Crippen LogP contribution in [0.2, 0.25) is 0 Å². The Morgan fingerprint density at radius 3 is 2.89 bits per heavy atom. The summed E-state index contributed by atoms with van der Waals surface area (Å²) in [6.45, 7) is 2.51. The molecule has 1 aromatic rings. The molecule has 1 aliphatic carbocycles. The summed E-state index contributed by atoms with van der Waals surface area (Å²) in [5.41, 5.74) is 0.943. The molecule has 1 unspecified atom stereocenters. The van der Waals surface area contributed by atoms with Gasteiger partial charge in [-0.3, -0.25) is 4.68 Å². The van der Waals surface area contributed by atoms with Gasteiger partial charge in [0.2, 0.25) is 0 Å². The zero-order valence-electron chi connectivity index (χ0n) is 11.3. The van der Waals surface area contributed by atoms with E-state index in [2.05, 4.69) is 5.10 Å².